The lowest BCUT2D eigenvalue weighted by atomic mass is 10.1. The minimum atomic E-state index is -0.396. The number of aromatic nitrogens is 3. The molecule has 0 fully saturated rings. The summed E-state index contributed by atoms with van der Waals surface area (Å²) in [5.41, 5.74) is 2.79. The number of hydrogen-bond acceptors (Lipinski definition) is 4. The first-order chi connectivity index (χ1) is 14.0. The van der Waals surface area contributed by atoms with Crippen molar-refractivity contribution in [3.05, 3.63) is 77.2 Å². The minimum absolute atomic E-state index is 0.348. The molecular formula is C22H19FN4O2. The summed E-state index contributed by atoms with van der Waals surface area (Å²) in [5.74, 6) is 0.932. The Hall–Kier alpha value is -3.74. The molecule has 0 aliphatic heterocycles. The van der Waals surface area contributed by atoms with Crippen molar-refractivity contribution in [2.24, 2.45) is 0 Å². The van der Waals surface area contributed by atoms with Crippen LogP contribution in [0.25, 0.3) is 16.7 Å². The van der Waals surface area contributed by atoms with Gasteiger partial charge < -0.3 is 10.1 Å². The van der Waals surface area contributed by atoms with Crippen LogP contribution in [0.2, 0.25) is 0 Å². The Kier molecular flexibility index (Phi) is 4.72. The van der Waals surface area contributed by atoms with Crippen molar-refractivity contribution < 1.29 is 13.9 Å². The predicted octanol–water partition coefficient (Wildman–Crippen LogP) is 4.44. The third kappa shape index (κ3) is 3.54. The summed E-state index contributed by atoms with van der Waals surface area (Å²) >= 11 is 0. The molecule has 146 valence electrons. The number of amides is 1. The third-order valence-corrected chi connectivity index (χ3v) is 4.61. The highest BCUT2D eigenvalue weighted by molar-refractivity contribution is 6.04. The van der Waals surface area contributed by atoms with Crippen LogP contribution >= 0.6 is 0 Å². The molecule has 0 saturated carbocycles. The van der Waals surface area contributed by atoms with Crippen LogP contribution < -0.4 is 10.1 Å². The van der Waals surface area contributed by atoms with E-state index in [1.165, 1.54) is 24.3 Å². The summed E-state index contributed by atoms with van der Waals surface area (Å²) < 4.78 is 20.2. The number of aryl methyl sites for hydroxylation is 2. The lowest BCUT2D eigenvalue weighted by molar-refractivity contribution is 0.102. The zero-order valence-electron chi connectivity index (χ0n) is 16.2. The lowest BCUT2D eigenvalue weighted by Gasteiger charge is -2.12. The van der Waals surface area contributed by atoms with Gasteiger partial charge >= 0.3 is 0 Å². The molecule has 0 spiro atoms. The van der Waals surface area contributed by atoms with Gasteiger partial charge in [0.1, 0.15) is 22.9 Å². The largest absolute Gasteiger partial charge is 0.494 e. The number of ether oxygens (including phenoxy) is 1. The SMILES string of the molecule is COc1cccc2c(C)cc(-n3nc(C)cc3NC(=O)c3ccc(F)cc3)nc12. The van der Waals surface area contributed by atoms with Crippen LogP contribution in [0, 0.1) is 19.7 Å². The zero-order chi connectivity index (χ0) is 20.5. The van der Waals surface area contributed by atoms with Gasteiger partial charge in [0.15, 0.2) is 5.82 Å². The summed E-state index contributed by atoms with van der Waals surface area (Å²) in [6.45, 7) is 3.82. The maximum absolute atomic E-state index is 13.1. The average Bonchev–Trinajstić information content (AvgIpc) is 3.08. The van der Waals surface area contributed by atoms with Crippen LogP contribution in [0.5, 0.6) is 5.75 Å². The number of fused-ring (bicyclic) bond motifs is 1. The van der Waals surface area contributed by atoms with Crippen LogP contribution in [0.4, 0.5) is 10.2 Å². The number of pyridine rings is 1. The van der Waals surface area contributed by atoms with Crippen LogP contribution in [-0.2, 0) is 0 Å². The van der Waals surface area contributed by atoms with Crippen molar-refractivity contribution in [2.45, 2.75) is 13.8 Å². The first-order valence-corrected chi connectivity index (χ1v) is 9.04. The second-order valence-electron chi connectivity index (χ2n) is 6.70. The van der Waals surface area contributed by atoms with Crippen LogP contribution in [0.15, 0.2) is 54.6 Å². The summed E-state index contributed by atoms with van der Waals surface area (Å²) in [4.78, 5) is 17.3. The van der Waals surface area contributed by atoms with E-state index in [1.54, 1.807) is 17.9 Å². The highest BCUT2D eigenvalue weighted by atomic mass is 19.1. The maximum atomic E-state index is 13.1. The predicted molar refractivity (Wildman–Crippen MR) is 109 cm³/mol. The first kappa shape index (κ1) is 18.6. The van der Waals surface area contributed by atoms with Gasteiger partial charge in [-0.05, 0) is 55.8 Å². The van der Waals surface area contributed by atoms with Gasteiger partial charge in [0.25, 0.3) is 5.91 Å². The van der Waals surface area contributed by atoms with E-state index in [9.17, 15) is 9.18 Å². The molecular weight excluding hydrogens is 371 g/mol. The van der Waals surface area contributed by atoms with Crippen molar-refractivity contribution in [1.82, 2.24) is 14.8 Å². The highest BCUT2D eigenvalue weighted by Gasteiger charge is 2.15. The average molecular weight is 390 g/mol. The van der Waals surface area contributed by atoms with Crippen molar-refractivity contribution in [3.8, 4) is 11.6 Å². The van der Waals surface area contributed by atoms with E-state index in [2.05, 4.69) is 10.4 Å². The van der Waals surface area contributed by atoms with E-state index in [4.69, 9.17) is 9.72 Å². The molecule has 0 aliphatic carbocycles. The molecule has 4 aromatic rings. The number of rotatable bonds is 4. The highest BCUT2D eigenvalue weighted by Crippen LogP contribution is 2.28. The van der Waals surface area contributed by atoms with Gasteiger partial charge in [0.05, 0.1) is 12.8 Å². The fourth-order valence-corrected chi connectivity index (χ4v) is 3.20. The monoisotopic (exact) mass is 390 g/mol. The van der Waals surface area contributed by atoms with Crippen molar-refractivity contribution in [2.75, 3.05) is 12.4 Å². The molecule has 2 aromatic carbocycles. The second-order valence-corrected chi connectivity index (χ2v) is 6.70. The van der Waals surface area contributed by atoms with Gasteiger partial charge in [-0.15, -0.1) is 0 Å². The summed E-state index contributed by atoms with van der Waals surface area (Å²) in [5, 5.41) is 8.29. The number of carbonyl (C=O) groups excluding carboxylic acids is 1. The molecule has 4 rings (SSSR count). The first-order valence-electron chi connectivity index (χ1n) is 9.04. The molecule has 1 amide bonds. The number of methoxy groups -OCH3 is 1. The van der Waals surface area contributed by atoms with Gasteiger partial charge in [-0.1, -0.05) is 12.1 Å². The fourth-order valence-electron chi connectivity index (χ4n) is 3.20. The number of anilines is 1. The fraction of sp³-hybridized carbons (Fsp3) is 0.136. The number of para-hydroxylation sites is 1. The van der Waals surface area contributed by atoms with E-state index in [1.807, 2.05) is 38.1 Å². The number of carbonyl (C=O) groups is 1. The van der Waals surface area contributed by atoms with Gasteiger partial charge in [0, 0.05) is 17.0 Å². The van der Waals surface area contributed by atoms with E-state index in [-0.39, 0.29) is 5.91 Å². The Morgan fingerprint density at radius 2 is 1.86 bits per heavy atom. The van der Waals surface area contributed by atoms with E-state index in [0.717, 1.165) is 16.6 Å². The molecule has 29 heavy (non-hydrogen) atoms. The molecule has 0 unspecified atom stereocenters. The molecule has 0 saturated heterocycles. The Bertz CT molecular complexity index is 1220. The summed E-state index contributed by atoms with van der Waals surface area (Å²) in [6, 6.07) is 14.8. The number of nitrogens with zero attached hydrogens (tertiary/aromatic N) is 3. The van der Waals surface area contributed by atoms with Gasteiger partial charge in [0.2, 0.25) is 0 Å². The van der Waals surface area contributed by atoms with Gasteiger partial charge in [-0.3, -0.25) is 4.79 Å². The van der Waals surface area contributed by atoms with Crippen molar-refractivity contribution >= 4 is 22.6 Å². The standard InChI is InChI=1S/C22H19FN4O2/c1-13-11-19(24-21-17(13)5-4-6-18(21)29-3)27-20(12-14(2)26-27)25-22(28)15-7-9-16(23)10-8-15/h4-12H,1-3H3,(H,25,28). The van der Waals surface area contributed by atoms with Crippen molar-refractivity contribution in [1.29, 1.82) is 0 Å². The topological polar surface area (TPSA) is 69.0 Å². The van der Waals surface area contributed by atoms with E-state index < -0.39 is 5.82 Å². The van der Waals surface area contributed by atoms with E-state index in [0.29, 0.717) is 28.5 Å². The summed E-state index contributed by atoms with van der Waals surface area (Å²) in [7, 11) is 1.60. The number of halogens is 1. The Morgan fingerprint density at radius 3 is 2.59 bits per heavy atom. The third-order valence-electron chi connectivity index (χ3n) is 4.61. The molecule has 0 atom stereocenters. The Balaban J connectivity index is 1.77. The molecule has 2 aromatic heterocycles. The summed E-state index contributed by atoms with van der Waals surface area (Å²) in [6.07, 6.45) is 0. The number of nitrogens with one attached hydrogen (secondary N) is 1. The smallest absolute Gasteiger partial charge is 0.256 e. The zero-order valence-corrected chi connectivity index (χ0v) is 16.2. The lowest BCUT2D eigenvalue weighted by Crippen LogP contribution is -2.15. The molecule has 0 aliphatic rings. The van der Waals surface area contributed by atoms with Crippen LogP contribution in [0.1, 0.15) is 21.6 Å². The maximum Gasteiger partial charge on any atom is 0.256 e. The molecule has 2 heterocycles. The number of benzene rings is 2. The normalized spacial score (nSPS) is 10.9. The van der Waals surface area contributed by atoms with Crippen LogP contribution in [-0.4, -0.2) is 27.8 Å². The second kappa shape index (κ2) is 7.35. The molecule has 7 heteroatoms. The van der Waals surface area contributed by atoms with Gasteiger partial charge in [-0.25, -0.2) is 9.37 Å². The van der Waals surface area contributed by atoms with Crippen molar-refractivity contribution in [3.63, 3.8) is 0 Å². The Labute approximate surface area is 167 Å². The quantitative estimate of drug-likeness (QED) is 0.559. The van der Waals surface area contributed by atoms with E-state index >= 15 is 0 Å². The Morgan fingerprint density at radius 1 is 1.10 bits per heavy atom. The van der Waals surface area contributed by atoms with Gasteiger partial charge in [-0.2, -0.15) is 9.78 Å². The molecule has 0 radical (unpaired) electrons. The molecule has 1 N–H and O–H groups in total. The molecule has 0 bridgehead atoms. The molecule has 6 nitrogen and oxygen atoms in total. The minimum Gasteiger partial charge on any atom is -0.494 e. The number of hydrogen-bond donors (Lipinski definition) is 1. The van der Waals surface area contributed by atoms with Crippen LogP contribution in [0.3, 0.4) is 0 Å².